The van der Waals surface area contributed by atoms with Gasteiger partial charge in [-0.1, -0.05) is 5.16 Å². The highest BCUT2D eigenvalue weighted by atomic mass is 19.4. The van der Waals surface area contributed by atoms with E-state index < -0.39 is 18.1 Å². The van der Waals surface area contributed by atoms with Gasteiger partial charge in [-0.25, -0.2) is 0 Å². The summed E-state index contributed by atoms with van der Waals surface area (Å²) in [5.74, 6) is 0.108. The molecule has 8 heteroatoms. The Bertz CT molecular complexity index is 322. The molecule has 0 amide bonds. The molecule has 0 saturated carbocycles. The van der Waals surface area contributed by atoms with Gasteiger partial charge in [0.15, 0.2) is 5.84 Å². The molecule has 0 aromatic rings. The summed E-state index contributed by atoms with van der Waals surface area (Å²) in [5.41, 5.74) is 5.04. The normalized spacial score (nSPS) is 20.8. The molecule has 0 aromatic heterocycles. The zero-order valence-electron chi connectivity index (χ0n) is 11.2. The van der Waals surface area contributed by atoms with Crippen molar-refractivity contribution in [1.82, 2.24) is 9.80 Å². The molecule has 19 heavy (non-hydrogen) atoms. The minimum atomic E-state index is -4.11. The van der Waals surface area contributed by atoms with Gasteiger partial charge in [0.2, 0.25) is 0 Å². The molecule has 1 rings (SSSR count). The van der Waals surface area contributed by atoms with Crippen LogP contribution in [0.15, 0.2) is 5.16 Å². The maximum Gasteiger partial charge on any atom is 0.390 e. The fraction of sp³-hybridized carbons (Fsp3) is 0.909. The van der Waals surface area contributed by atoms with Gasteiger partial charge in [-0.05, 0) is 13.8 Å². The highest BCUT2D eigenvalue weighted by molar-refractivity contribution is 5.88. The number of alkyl halides is 3. The molecule has 5 nitrogen and oxygen atoms in total. The summed E-state index contributed by atoms with van der Waals surface area (Å²) in [6.07, 6.45) is -4.89. The van der Waals surface area contributed by atoms with Crippen LogP contribution in [0, 0.1) is 0 Å². The van der Waals surface area contributed by atoms with E-state index in [0.29, 0.717) is 26.2 Å². The number of nitrogens with zero attached hydrogens (tertiary/aromatic N) is 3. The van der Waals surface area contributed by atoms with Crippen molar-refractivity contribution in [3.8, 4) is 0 Å². The number of nitrogens with two attached hydrogens (primary N) is 1. The lowest BCUT2D eigenvalue weighted by atomic mass is 10.0. The third-order valence-electron chi connectivity index (χ3n) is 3.61. The van der Waals surface area contributed by atoms with Gasteiger partial charge in [-0.3, -0.25) is 4.90 Å². The van der Waals surface area contributed by atoms with Crippen LogP contribution in [0.2, 0.25) is 0 Å². The first-order valence-corrected chi connectivity index (χ1v) is 6.19. The van der Waals surface area contributed by atoms with Crippen molar-refractivity contribution < 1.29 is 18.4 Å². The number of halogens is 3. The van der Waals surface area contributed by atoms with Crippen LogP contribution in [0.5, 0.6) is 0 Å². The van der Waals surface area contributed by atoms with Crippen molar-refractivity contribution in [2.24, 2.45) is 10.9 Å². The van der Waals surface area contributed by atoms with E-state index in [1.165, 1.54) is 0 Å². The highest BCUT2D eigenvalue weighted by Crippen LogP contribution is 2.21. The van der Waals surface area contributed by atoms with Crippen LogP contribution in [0.3, 0.4) is 0 Å². The molecular formula is C11H21F3N4O. The average Bonchev–Trinajstić information content (AvgIpc) is 2.35. The van der Waals surface area contributed by atoms with Crippen LogP contribution in [0.4, 0.5) is 13.2 Å². The standard InChI is InChI=1S/C11H21F3N4O/c1-10(2,9(15)16-19)18-7-5-17(6-8-18)4-3-11(12,13)14/h19H,3-8H2,1-2H3,(H2,15,16). The largest absolute Gasteiger partial charge is 0.409 e. The molecule has 1 aliphatic rings. The van der Waals surface area contributed by atoms with Gasteiger partial charge in [0, 0.05) is 32.7 Å². The first-order chi connectivity index (χ1) is 8.66. The molecule has 3 N–H and O–H groups in total. The van der Waals surface area contributed by atoms with Crippen molar-refractivity contribution in [3.63, 3.8) is 0 Å². The van der Waals surface area contributed by atoms with E-state index in [-0.39, 0.29) is 12.4 Å². The molecule has 1 aliphatic heterocycles. The van der Waals surface area contributed by atoms with Gasteiger partial charge in [-0.2, -0.15) is 13.2 Å². The first kappa shape index (κ1) is 16.0. The number of hydrogen-bond donors (Lipinski definition) is 2. The Kier molecular flexibility index (Phi) is 5.03. The van der Waals surface area contributed by atoms with Gasteiger partial charge < -0.3 is 15.8 Å². The van der Waals surface area contributed by atoms with Crippen LogP contribution >= 0.6 is 0 Å². The first-order valence-electron chi connectivity index (χ1n) is 6.19. The van der Waals surface area contributed by atoms with Crippen molar-refractivity contribution in [2.45, 2.75) is 32.0 Å². The van der Waals surface area contributed by atoms with Crippen molar-refractivity contribution in [1.29, 1.82) is 0 Å². The zero-order chi connectivity index (χ0) is 14.7. The summed E-state index contributed by atoms with van der Waals surface area (Å²) in [7, 11) is 0. The quantitative estimate of drug-likeness (QED) is 0.350. The van der Waals surface area contributed by atoms with Crippen molar-refractivity contribution in [3.05, 3.63) is 0 Å². The number of rotatable bonds is 4. The molecule has 0 spiro atoms. The Morgan fingerprint density at radius 2 is 1.74 bits per heavy atom. The monoisotopic (exact) mass is 282 g/mol. The van der Waals surface area contributed by atoms with E-state index in [4.69, 9.17) is 10.9 Å². The van der Waals surface area contributed by atoms with E-state index >= 15 is 0 Å². The van der Waals surface area contributed by atoms with E-state index in [2.05, 4.69) is 5.16 Å². The summed E-state index contributed by atoms with van der Waals surface area (Å²) in [5, 5.41) is 11.7. The molecule has 0 bridgehead atoms. The van der Waals surface area contributed by atoms with Gasteiger partial charge in [0.05, 0.1) is 12.0 Å². The zero-order valence-corrected chi connectivity index (χ0v) is 11.2. The minimum Gasteiger partial charge on any atom is -0.409 e. The summed E-state index contributed by atoms with van der Waals surface area (Å²) < 4.78 is 36.4. The van der Waals surface area contributed by atoms with Crippen LogP contribution in [-0.2, 0) is 0 Å². The maximum atomic E-state index is 12.1. The van der Waals surface area contributed by atoms with E-state index in [0.717, 1.165) is 0 Å². The minimum absolute atomic E-state index is 0.0291. The summed E-state index contributed by atoms with van der Waals surface area (Å²) in [4.78, 5) is 3.79. The fourth-order valence-corrected chi connectivity index (χ4v) is 2.10. The predicted octanol–water partition coefficient (Wildman–Crippen LogP) is 1.08. The average molecular weight is 282 g/mol. The molecule has 1 fully saturated rings. The molecule has 112 valence electrons. The SMILES string of the molecule is CC(C)(C(N)=NO)N1CCN(CCC(F)(F)F)CC1. The number of hydrogen-bond acceptors (Lipinski definition) is 4. The lowest BCUT2D eigenvalue weighted by Gasteiger charge is -2.43. The molecular weight excluding hydrogens is 261 g/mol. The Morgan fingerprint density at radius 1 is 1.21 bits per heavy atom. The fourth-order valence-electron chi connectivity index (χ4n) is 2.10. The summed E-state index contributed by atoms with van der Waals surface area (Å²) in [6.45, 7) is 5.99. The van der Waals surface area contributed by atoms with Crippen molar-refractivity contribution >= 4 is 5.84 Å². The number of oxime groups is 1. The molecule has 0 radical (unpaired) electrons. The van der Waals surface area contributed by atoms with Crippen LogP contribution in [-0.4, -0.2) is 65.3 Å². The Balaban J connectivity index is 2.45. The van der Waals surface area contributed by atoms with Gasteiger partial charge in [-0.15, -0.1) is 0 Å². The second-order valence-corrected chi connectivity index (χ2v) is 5.24. The number of piperazine rings is 1. The van der Waals surface area contributed by atoms with E-state index in [9.17, 15) is 13.2 Å². The van der Waals surface area contributed by atoms with Gasteiger partial charge >= 0.3 is 6.18 Å². The van der Waals surface area contributed by atoms with Crippen LogP contribution < -0.4 is 5.73 Å². The summed E-state index contributed by atoms with van der Waals surface area (Å²) >= 11 is 0. The Hall–Kier alpha value is -1.02. The maximum absolute atomic E-state index is 12.1. The molecule has 0 unspecified atom stereocenters. The van der Waals surface area contributed by atoms with Crippen LogP contribution in [0.25, 0.3) is 0 Å². The molecule has 0 aliphatic carbocycles. The molecule has 0 aromatic carbocycles. The second kappa shape index (κ2) is 5.96. The number of amidine groups is 1. The smallest absolute Gasteiger partial charge is 0.390 e. The third kappa shape index (κ3) is 4.54. The predicted molar refractivity (Wildman–Crippen MR) is 66.2 cm³/mol. The lowest BCUT2D eigenvalue weighted by molar-refractivity contribution is -0.139. The van der Waals surface area contributed by atoms with E-state index in [1.54, 1.807) is 4.90 Å². The summed E-state index contributed by atoms with van der Waals surface area (Å²) in [6, 6.07) is 0. The third-order valence-corrected chi connectivity index (χ3v) is 3.61. The second-order valence-electron chi connectivity index (χ2n) is 5.24. The Labute approximate surface area is 110 Å². The van der Waals surface area contributed by atoms with Gasteiger partial charge in [0.25, 0.3) is 0 Å². The molecule has 1 saturated heterocycles. The topological polar surface area (TPSA) is 65.1 Å². The highest BCUT2D eigenvalue weighted by Gasteiger charge is 2.34. The lowest BCUT2D eigenvalue weighted by Crippen LogP contribution is -2.59. The Morgan fingerprint density at radius 3 is 2.16 bits per heavy atom. The van der Waals surface area contributed by atoms with Crippen molar-refractivity contribution in [2.75, 3.05) is 32.7 Å². The van der Waals surface area contributed by atoms with Crippen LogP contribution in [0.1, 0.15) is 20.3 Å². The van der Waals surface area contributed by atoms with E-state index in [1.807, 2.05) is 18.7 Å². The molecule has 0 atom stereocenters. The van der Waals surface area contributed by atoms with Gasteiger partial charge in [0.1, 0.15) is 0 Å². The molecule has 1 heterocycles.